The minimum absolute atomic E-state index is 0.0844. The van der Waals surface area contributed by atoms with Gasteiger partial charge in [0.25, 0.3) is 0 Å². The molecule has 0 aliphatic rings. The van der Waals surface area contributed by atoms with Crippen molar-refractivity contribution in [2.75, 3.05) is 0 Å². The molecule has 10 heavy (non-hydrogen) atoms. The fourth-order valence-corrected chi connectivity index (χ4v) is 0.642. The van der Waals surface area contributed by atoms with Gasteiger partial charge in [-0.15, -0.1) is 0 Å². The maximum Gasteiger partial charge on any atom is 0.0737 e. The van der Waals surface area contributed by atoms with Gasteiger partial charge in [0, 0.05) is 0 Å². The first-order chi connectivity index (χ1) is 4.81. The van der Waals surface area contributed by atoms with E-state index in [0.717, 1.165) is 12.8 Å². The zero-order chi connectivity index (χ0) is 7.82. The van der Waals surface area contributed by atoms with E-state index in [1.807, 2.05) is 12.3 Å². The first-order valence-electron chi connectivity index (χ1n) is 3.60. The van der Waals surface area contributed by atoms with Crippen molar-refractivity contribution in [2.45, 2.75) is 25.9 Å². The second kappa shape index (κ2) is 6.36. The molecule has 0 aromatic carbocycles. The summed E-state index contributed by atoms with van der Waals surface area (Å²) in [5.41, 5.74) is 5.63. The fraction of sp³-hybridized carbons (Fsp3) is 0.500. The highest BCUT2D eigenvalue weighted by atomic mass is 15.0. The molecule has 2 heteroatoms. The Bertz CT molecular complexity index is 108. The van der Waals surface area contributed by atoms with Crippen LogP contribution in [0.4, 0.5) is 0 Å². The topological polar surface area (TPSA) is 38.0 Å². The Hall–Kier alpha value is -0.760. The van der Waals surface area contributed by atoms with Gasteiger partial charge in [-0.3, -0.25) is 0 Å². The summed E-state index contributed by atoms with van der Waals surface area (Å²) in [6, 6.07) is 0. The first kappa shape index (κ1) is 9.24. The smallest absolute Gasteiger partial charge is 0.0737 e. The maximum atomic E-state index is 5.63. The number of nitrogens with one attached hydrogen (secondary N) is 1. The zero-order valence-corrected chi connectivity index (χ0v) is 6.51. The second-order valence-corrected chi connectivity index (χ2v) is 2.16. The summed E-state index contributed by atoms with van der Waals surface area (Å²) in [6.45, 7) is 5.65. The molecule has 58 valence electrons. The molecule has 0 amide bonds. The van der Waals surface area contributed by atoms with Gasteiger partial charge < -0.3 is 11.1 Å². The van der Waals surface area contributed by atoms with Crippen molar-refractivity contribution < 1.29 is 0 Å². The monoisotopic (exact) mass is 140 g/mol. The Morgan fingerprint density at radius 3 is 2.90 bits per heavy atom. The zero-order valence-electron chi connectivity index (χ0n) is 6.51. The predicted octanol–water partition coefficient (Wildman–Crippen LogP) is 1.36. The quantitative estimate of drug-likeness (QED) is 0.447. The predicted molar refractivity (Wildman–Crippen MR) is 45.4 cm³/mol. The molecule has 0 saturated heterocycles. The van der Waals surface area contributed by atoms with E-state index in [1.165, 1.54) is 0 Å². The van der Waals surface area contributed by atoms with Gasteiger partial charge >= 0.3 is 0 Å². The summed E-state index contributed by atoms with van der Waals surface area (Å²) in [4.78, 5) is 0. The molecule has 0 heterocycles. The highest BCUT2D eigenvalue weighted by Gasteiger charge is 1.92. The van der Waals surface area contributed by atoms with Crippen LogP contribution in [0, 0.1) is 0 Å². The van der Waals surface area contributed by atoms with Crippen molar-refractivity contribution in [3.05, 3.63) is 24.9 Å². The van der Waals surface area contributed by atoms with E-state index in [9.17, 15) is 0 Å². The van der Waals surface area contributed by atoms with Gasteiger partial charge in [0.1, 0.15) is 0 Å². The van der Waals surface area contributed by atoms with Gasteiger partial charge in [-0.05, 0) is 18.7 Å². The Balaban J connectivity index is 3.28. The Morgan fingerprint density at radius 1 is 1.70 bits per heavy atom. The SMILES string of the molecule is C=CC=CNC(N)CCC. The van der Waals surface area contributed by atoms with Crippen molar-refractivity contribution in [1.82, 2.24) is 5.32 Å². The Morgan fingerprint density at radius 2 is 2.40 bits per heavy atom. The third kappa shape index (κ3) is 5.38. The van der Waals surface area contributed by atoms with Crippen molar-refractivity contribution in [3.8, 4) is 0 Å². The summed E-state index contributed by atoms with van der Waals surface area (Å²) in [5.74, 6) is 0. The van der Waals surface area contributed by atoms with Gasteiger partial charge in [0.05, 0.1) is 6.17 Å². The molecule has 0 bridgehead atoms. The van der Waals surface area contributed by atoms with Crippen LogP contribution in [0.5, 0.6) is 0 Å². The molecule has 3 N–H and O–H groups in total. The highest BCUT2D eigenvalue weighted by molar-refractivity contribution is 4.96. The van der Waals surface area contributed by atoms with Crippen molar-refractivity contribution >= 4 is 0 Å². The molecule has 0 aromatic heterocycles. The number of hydrogen-bond donors (Lipinski definition) is 2. The molecule has 1 unspecified atom stereocenters. The van der Waals surface area contributed by atoms with Gasteiger partial charge in [0.15, 0.2) is 0 Å². The van der Waals surface area contributed by atoms with Crippen molar-refractivity contribution in [3.63, 3.8) is 0 Å². The molecular formula is C8H16N2. The molecule has 0 spiro atoms. The molecule has 0 radical (unpaired) electrons. The molecule has 1 atom stereocenters. The van der Waals surface area contributed by atoms with Crippen LogP contribution in [0.2, 0.25) is 0 Å². The van der Waals surface area contributed by atoms with E-state index >= 15 is 0 Å². The Kier molecular flexibility index (Phi) is 5.88. The van der Waals surface area contributed by atoms with E-state index < -0.39 is 0 Å². The van der Waals surface area contributed by atoms with Gasteiger partial charge in [0.2, 0.25) is 0 Å². The molecule has 0 saturated carbocycles. The summed E-state index contributed by atoms with van der Waals surface area (Å²) >= 11 is 0. The van der Waals surface area contributed by atoms with E-state index in [4.69, 9.17) is 5.73 Å². The average molecular weight is 140 g/mol. The van der Waals surface area contributed by atoms with Gasteiger partial charge in [-0.2, -0.15) is 0 Å². The largest absolute Gasteiger partial charge is 0.376 e. The molecule has 0 fully saturated rings. The summed E-state index contributed by atoms with van der Waals surface area (Å²) < 4.78 is 0. The number of allylic oxidation sites excluding steroid dienone is 2. The van der Waals surface area contributed by atoms with Crippen LogP contribution in [-0.2, 0) is 0 Å². The summed E-state index contributed by atoms with van der Waals surface area (Å²) in [6.07, 6.45) is 7.55. The van der Waals surface area contributed by atoms with Crippen LogP contribution >= 0.6 is 0 Å². The lowest BCUT2D eigenvalue weighted by Crippen LogP contribution is -2.33. The number of hydrogen-bond acceptors (Lipinski definition) is 2. The molecule has 0 aromatic rings. The van der Waals surface area contributed by atoms with Crippen LogP contribution in [0.1, 0.15) is 19.8 Å². The van der Waals surface area contributed by atoms with Gasteiger partial charge in [-0.1, -0.05) is 26.0 Å². The second-order valence-electron chi connectivity index (χ2n) is 2.16. The average Bonchev–Trinajstić information content (AvgIpc) is 1.89. The van der Waals surface area contributed by atoms with Crippen LogP contribution in [0.25, 0.3) is 0 Å². The van der Waals surface area contributed by atoms with E-state index in [-0.39, 0.29) is 6.17 Å². The molecule has 0 aliphatic carbocycles. The lowest BCUT2D eigenvalue weighted by Gasteiger charge is -2.08. The third-order valence-corrected chi connectivity index (χ3v) is 1.14. The van der Waals surface area contributed by atoms with E-state index in [1.54, 1.807) is 6.08 Å². The minimum atomic E-state index is 0.0844. The highest BCUT2D eigenvalue weighted by Crippen LogP contribution is 1.88. The lowest BCUT2D eigenvalue weighted by molar-refractivity contribution is 0.554. The first-order valence-corrected chi connectivity index (χ1v) is 3.60. The summed E-state index contributed by atoms with van der Waals surface area (Å²) in [7, 11) is 0. The van der Waals surface area contributed by atoms with Crippen molar-refractivity contribution in [2.24, 2.45) is 5.73 Å². The van der Waals surface area contributed by atoms with E-state index in [2.05, 4.69) is 18.8 Å². The standard InChI is InChI=1S/C8H16N2/c1-3-5-7-10-8(9)6-4-2/h3,5,7-8,10H,1,4,6,9H2,2H3. The van der Waals surface area contributed by atoms with E-state index in [0.29, 0.717) is 0 Å². The van der Waals surface area contributed by atoms with Gasteiger partial charge in [-0.25, -0.2) is 0 Å². The number of rotatable bonds is 5. The minimum Gasteiger partial charge on any atom is -0.376 e. The molecule has 0 aliphatic heterocycles. The summed E-state index contributed by atoms with van der Waals surface area (Å²) in [5, 5.41) is 3.01. The van der Waals surface area contributed by atoms with Crippen LogP contribution in [0.3, 0.4) is 0 Å². The van der Waals surface area contributed by atoms with Crippen LogP contribution < -0.4 is 11.1 Å². The third-order valence-electron chi connectivity index (χ3n) is 1.14. The molecule has 2 nitrogen and oxygen atoms in total. The normalized spacial score (nSPS) is 13.4. The van der Waals surface area contributed by atoms with Crippen molar-refractivity contribution in [1.29, 1.82) is 0 Å². The maximum absolute atomic E-state index is 5.63. The van der Waals surface area contributed by atoms with Crippen LogP contribution in [-0.4, -0.2) is 6.17 Å². The number of nitrogens with two attached hydrogens (primary N) is 1. The molecular weight excluding hydrogens is 124 g/mol. The van der Waals surface area contributed by atoms with Crippen LogP contribution in [0.15, 0.2) is 24.9 Å². The fourth-order valence-electron chi connectivity index (χ4n) is 0.642. The Labute approximate surface area is 62.8 Å². The lowest BCUT2D eigenvalue weighted by atomic mass is 10.3. The molecule has 0 rings (SSSR count).